The molecule has 0 aliphatic carbocycles. The van der Waals surface area contributed by atoms with Crippen LogP contribution in [0.2, 0.25) is 0 Å². The number of piperazine rings is 1. The van der Waals surface area contributed by atoms with E-state index in [2.05, 4.69) is 51.3 Å². The summed E-state index contributed by atoms with van der Waals surface area (Å²) in [5, 5.41) is 0. The van der Waals surface area contributed by atoms with E-state index in [9.17, 15) is 0 Å². The fourth-order valence-corrected chi connectivity index (χ4v) is 2.05. The molecule has 0 amide bonds. The van der Waals surface area contributed by atoms with Crippen LogP contribution in [-0.4, -0.2) is 47.1 Å². The van der Waals surface area contributed by atoms with Gasteiger partial charge in [0.2, 0.25) is 0 Å². The lowest BCUT2D eigenvalue weighted by Crippen LogP contribution is -2.57. The molecular weight excluding hydrogens is 196 g/mol. The third kappa shape index (κ3) is 4.84. The van der Waals surface area contributed by atoms with Crippen molar-refractivity contribution >= 4 is 0 Å². The van der Waals surface area contributed by atoms with Crippen LogP contribution in [0.4, 0.5) is 0 Å². The minimum Gasteiger partial charge on any atom is -0.296 e. The van der Waals surface area contributed by atoms with Crippen molar-refractivity contribution in [3.63, 3.8) is 0 Å². The molecule has 0 aromatic carbocycles. The minimum absolute atomic E-state index is 0.337. The third-order valence-electron chi connectivity index (χ3n) is 3.18. The second kappa shape index (κ2) is 6.02. The second-order valence-corrected chi connectivity index (χ2v) is 6.32. The normalized spacial score (nSPS) is 20.2. The minimum atomic E-state index is 0.337. The van der Waals surface area contributed by atoms with Gasteiger partial charge in [-0.15, -0.1) is 0 Å². The van der Waals surface area contributed by atoms with E-state index in [0.717, 1.165) is 0 Å². The first kappa shape index (κ1) is 15.9. The molecule has 0 aromatic heterocycles. The van der Waals surface area contributed by atoms with Crippen LogP contribution in [0.15, 0.2) is 0 Å². The summed E-state index contributed by atoms with van der Waals surface area (Å²) in [5.74, 6) is 0. The highest BCUT2D eigenvalue weighted by Gasteiger charge is 2.30. The predicted octanol–water partition coefficient (Wildman–Crippen LogP) is 3.23. The van der Waals surface area contributed by atoms with E-state index < -0.39 is 0 Å². The highest BCUT2D eigenvalue weighted by Crippen LogP contribution is 2.20. The largest absolute Gasteiger partial charge is 0.296 e. The summed E-state index contributed by atoms with van der Waals surface area (Å²) in [7, 11) is 0. The average Bonchev–Trinajstić information content (AvgIpc) is 2.18. The maximum atomic E-state index is 2.58. The first-order chi connectivity index (χ1) is 7.21. The van der Waals surface area contributed by atoms with Gasteiger partial charge in [0.15, 0.2) is 0 Å². The highest BCUT2D eigenvalue weighted by molar-refractivity contribution is 4.86. The fourth-order valence-electron chi connectivity index (χ4n) is 2.05. The Morgan fingerprint density at radius 3 is 0.875 bits per heavy atom. The van der Waals surface area contributed by atoms with Crippen molar-refractivity contribution in [2.75, 3.05) is 26.2 Å². The van der Waals surface area contributed by atoms with E-state index in [4.69, 9.17) is 0 Å². The van der Waals surface area contributed by atoms with E-state index >= 15 is 0 Å². The molecule has 0 spiro atoms. The van der Waals surface area contributed by atoms with Crippen LogP contribution in [0, 0.1) is 0 Å². The summed E-state index contributed by atoms with van der Waals surface area (Å²) in [5.41, 5.74) is 0.675. The molecule has 0 atom stereocenters. The molecule has 1 fully saturated rings. The standard InChI is InChI=1S/C12H26N2.C2H6/c1-11(2,3)13-7-9-14(10-8-13)12(4,5)6;1-2/h7-10H2,1-6H3;1-2H3. The first-order valence-electron chi connectivity index (χ1n) is 6.71. The number of rotatable bonds is 0. The van der Waals surface area contributed by atoms with Crippen LogP contribution in [0.5, 0.6) is 0 Å². The van der Waals surface area contributed by atoms with E-state index in [-0.39, 0.29) is 0 Å². The smallest absolute Gasteiger partial charge is 0.0126 e. The molecule has 0 unspecified atom stereocenters. The number of nitrogens with zero attached hydrogens (tertiary/aromatic N) is 2. The highest BCUT2D eigenvalue weighted by atomic mass is 15.3. The maximum absolute atomic E-state index is 2.58. The Bertz CT molecular complexity index is 156. The molecule has 98 valence electrons. The van der Waals surface area contributed by atoms with Gasteiger partial charge in [-0.3, -0.25) is 9.80 Å². The quantitative estimate of drug-likeness (QED) is 0.628. The van der Waals surface area contributed by atoms with Crippen molar-refractivity contribution in [3.05, 3.63) is 0 Å². The van der Waals surface area contributed by atoms with Gasteiger partial charge in [0.05, 0.1) is 0 Å². The van der Waals surface area contributed by atoms with Gasteiger partial charge in [0, 0.05) is 37.3 Å². The zero-order valence-electron chi connectivity index (χ0n) is 12.7. The van der Waals surface area contributed by atoms with Gasteiger partial charge in [0.25, 0.3) is 0 Å². The van der Waals surface area contributed by atoms with Crippen molar-refractivity contribution < 1.29 is 0 Å². The molecule has 1 aliphatic heterocycles. The SMILES string of the molecule is CC.CC(C)(C)N1CCN(C(C)(C)C)CC1. The van der Waals surface area contributed by atoms with Crippen molar-refractivity contribution in [3.8, 4) is 0 Å². The van der Waals surface area contributed by atoms with Gasteiger partial charge < -0.3 is 0 Å². The molecule has 0 aromatic rings. The molecule has 0 bridgehead atoms. The van der Waals surface area contributed by atoms with Crippen molar-refractivity contribution in [2.45, 2.75) is 66.5 Å². The van der Waals surface area contributed by atoms with Crippen LogP contribution in [0.25, 0.3) is 0 Å². The molecular formula is C14H32N2. The molecule has 2 heteroatoms. The van der Waals surface area contributed by atoms with Crippen molar-refractivity contribution in [1.82, 2.24) is 9.80 Å². The maximum Gasteiger partial charge on any atom is 0.0126 e. The zero-order chi connectivity index (χ0) is 13.0. The molecule has 0 radical (unpaired) electrons. The molecule has 16 heavy (non-hydrogen) atoms. The van der Waals surface area contributed by atoms with Gasteiger partial charge in [-0.2, -0.15) is 0 Å². The topological polar surface area (TPSA) is 6.48 Å². The van der Waals surface area contributed by atoms with E-state index in [1.54, 1.807) is 0 Å². The van der Waals surface area contributed by atoms with Crippen LogP contribution in [0.3, 0.4) is 0 Å². The van der Waals surface area contributed by atoms with Crippen LogP contribution in [0.1, 0.15) is 55.4 Å². The van der Waals surface area contributed by atoms with E-state index in [1.165, 1.54) is 26.2 Å². The summed E-state index contributed by atoms with van der Waals surface area (Å²) in [6.07, 6.45) is 0. The monoisotopic (exact) mass is 228 g/mol. The fraction of sp³-hybridized carbons (Fsp3) is 1.00. The van der Waals surface area contributed by atoms with Gasteiger partial charge in [-0.1, -0.05) is 13.8 Å². The van der Waals surface area contributed by atoms with Gasteiger partial charge in [-0.25, -0.2) is 0 Å². The number of hydrogen-bond acceptors (Lipinski definition) is 2. The van der Waals surface area contributed by atoms with Gasteiger partial charge in [0.1, 0.15) is 0 Å². The van der Waals surface area contributed by atoms with Gasteiger partial charge >= 0.3 is 0 Å². The van der Waals surface area contributed by atoms with Crippen molar-refractivity contribution in [2.24, 2.45) is 0 Å². The Morgan fingerprint density at radius 2 is 0.750 bits per heavy atom. The Morgan fingerprint density at radius 1 is 0.562 bits per heavy atom. The summed E-state index contributed by atoms with van der Waals surface area (Å²) in [6, 6.07) is 0. The molecule has 1 aliphatic rings. The Balaban J connectivity index is 0.00000106. The molecule has 2 nitrogen and oxygen atoms in total. The average molecular weight is 228 g/mol. The summed E-state index contributed by atoms with van der Waals surface area (Å²) in [4.78, 5) is 5.16. The molecule has 0 N–H and O–H groups in total. The Labute approximate surface area is 103 Å². The lowest BCUT2D eigenvalue weighted by atomic mass is 10.0. The number of hydrogen-bond donors (Lipinski definition) is 0. The van der Waals surface area contributed by atoms with Crippen LogP contribution in [-0.2, 0) is 0 Å². The Kier molecular flexibility index (Phi) is 5.99. The van der Waals surface area contributed by atoms with E-state index in [1.807, 2.05) is 13.8 Å². The lowest BCUT2D eigenvalue weighted by Gasteiger charge is -2.46. The van der Waals surface area contributed by atoms with Crippen LogP contribution >= 0.6 is 0 Å². The molecule has 1 saturated heterocycles. The molecule has 1 heterocycles. The van der Waals surface area contributed by atoms with Gasteiger partial charge in [-0.05, 0) is 41.5 Å². The molecule has 1 rings (SSSR count). The summed E-state index contributed by atoms with van der Waals surface area (Å²) in [6.45, 7) is 22.7. The van der Waals surface area contributed by atoms with E-state index in [0.29, 0.717) is 11.1 Å². The Hall–Kier alpha value is -0.0800. The summed E-state index contributed by atoms with van der Waals surface area (Å²) >= 11 is 0. The first-order valence-corrected chi connectivity index (χ1v) is 6.71. The zero-order valence-corrected chi connectivity index (χ0v) is 12.7. The molecule has 0 saturated carbocycles. The summed E-state index contributed by atoms with van der Waals surface area (Å²) < 4.78 is 0. The lowest BCUT2D eigenvalue weighted by molar-refractivity contribution is 0.0211. The van der Waals surface area contributed by atoms with Crippen molar-refractivity contribution in [1.29, 1.82) is 0 Å². The van der Waals surface area contributed by atoms with Crippen LogP contribution < -0.4 is 0 Å². The predicted molar refractivity (Wildman–Crippen MR) is 74.0 cm³/mol. The third-order valence-corrected chi connectivity index (χ3v) is 3.18. The second-order valence-electron chi connectivity index (χ2n) is 6.32.